The van der Waals surface area contributed by atoms with Crippen molar-refractivity contribution in [3.05, 3.63) is 46.0 Å². The van der Waals surface area contributed by atoms with Gasteiger partial charge in [0.2, 0.25) is 0 Å². The maximum atomic E-state index is 4.14. The van der Waals surface area contributed by atoms with Gasteiger partial charge in [0.15, 0.2) is 0 Å². The first-order valence-electron chi connectivity index (χ1n) is 5.71. The van der Waals surface area contributed by atoms with Gasteiger partial charge in [-0.25, -0.2) is 0 Å². The Morgan fingerprint density at radius 1 is 1.35 bits per heavy atom. The van der Waals surface area contributed by atoms with Gasteiger partial charge in [-0.2, -0.15) is 0 Å². The summed E-state index contributed by atoms with van der Waals surface area (Å²) in [6.07, 6.45) is 0.954. The highest BCUT2D eigenvalue weighted by molar-refractivity contribution is 7.03. The zero-order valence-electron chi connectivity index (χ0n) is 10.4. The van der Waals surface area contributed by atoms with Crippen molar-refractivity contribution in [3.63, 3.8) is 0 Å². The van der Waals surface area contributed by atoms with Gasteiger partial charge >= 0.3 is 0 Å². The van der Waals surface area contributed by atoms with E-state index in [4.69, 9.17) is 0 Å². The first-order chi connectivity index (χ1) is 8.20. The number of nitrogens with zero attached hydrogens (tertiary/aromatic N) is 2. The smallest absolute Gasteiger partial charge is 0.0928 e. The minimum Gasteiger partial charge on any atom is -0.311 e. The van der Waals surface area contributed by atoms with Crippen LogP contribution in [0.25, 0.3) is 0 Å². The van der Waals surface area contributed by atoms with E-state index in [0.717, 1.165) is 12.1 Å². The molecule has 0 fully saturated rings. The number of hydrogen-bond donors (Lipinski definition) is 1. The van der Waals surface area contributed by atoms with E-state index >= 15 is 0 Å². The molecular weight excluding hydrogens is 230 g/mol. The summed E-state index contributed by atoms with van der Waals surface area (Å²) < 4.78 is 3.92. The van der Waals surface area contributed by atoms with E-state index < -0.39 is 0 Å². The number of nitrogens with one attached hydrogen (secondary N) is 1. The SMILES string of the molecule is CNC(Cc1cc(C)ccc1C)c1csnn1. The van der Waals surface area contributed by atoms with E-state index in [1.807, 2.05) is 12.4 Å². The zero-order chi connectivity index (χ0) is 12.3. The molecule has 1 atom stereocenters. The predicted octanol–water partition coefficient (Wildman–Crippen LogP) is 2.66. The van der Waals surface area contributed by atoms with E-state index in [-0.39, 0.29) is 6.04 Å². The Labute approximate surface area is 106 Å². The Balaban J connectivity index is 2.21. The number of rotatable bonds is 4. The van der Waals surface area contributed by atoms with Crippen LogP contribution < -0.4 is 5.32 Å². The molecule has 0 radical (unpaired) electrons. The summed E-state index contributed by atoms with van der Waals surface area (Å²) in [4.78, 5) is 0. The molecule has 0 aliphatic carbocycles. The highest BCUT2D eigenvalue weighted by Crippen LogP contribution is 2.20. The molecule has 90 valence electrons. The Bertz CT molecular complexity index is 479. The second kappa shape index (κ2) is 5.38. The minimum absolute atomic E-state index is 0.245. The van der Waals surface area contributed by atoms with Crippen LogP contribution in [0.1, 0.15) is 28.4 Å². The first kappa shape index (κ1) is 12.2. The monoisotopic (exact) mass is 247 g/mol. The maximum absolute atomic E-state index is 4.14. The summed E-state index contributed by atoms with van der Waals surface area (Å²) in [5.74, 6) is 0. The third-order valence-corrected chi connectivity index (χ3v) is 3.53. The highest BCUT2D eigenvalue weighted by Gasteiger charge is 2.14. The van der Waals surface area contributed by atoms with Gasteiger partial charge in [-0.15, -0.1) is 5.10 Å². The van der Waals surface area contributed by atoms with Gasteiger partial charge in [0.25, 0.3) is 0 Å². The van der Waals surface area contributed by atoms with Gasteiger partial charge in [0, 0.05) is 5.38 Å². The molecule has 2 aromatic rings. The second-order valence-corrected chi connectivity index (χ2v) is 4.91. The number of aromatic nitrogens is 2. The van der Waals surface area contributed by atoms with Gasteiger partial charge in [-0.1, -0.05) is 28.3 Å². The Kier molecular flexibility index (Phi) is 3.86. The fourth-order valence-corrected chi connectivity index (χ4v) is 2.43. The largest absolute Gasteiger partial charge is 0.311 e. The quantitative estimate of drug-likeness (QED) is 0.902. The van der Waals surface area contributed by atoms with Gasteiger partial charge in [0.1, 0.15) is 0 Å². The summed E-state index contributed by atoms with van der Waals surface area (Å²) in [7, 11) is 1.97. The molecule has 4 heteroatoms. The summed E-state index contributed by atoms with van der Waals surface area (Å²) in [6, 6.07) is 6.82. The minimum atomic E-state index is 0.245. The van der Waals surface area contributed by atoms with Crippen LogP contribution in [-0.2, 0) is 6.42 Å². The molecule has 0 saturated heterocycles. The molecule has 1 N–H and O–H groups in total. The Morgan fingerprint density at radius 3 is 2.82 bits per heavy atom. The van der Waals surface area contributed by atoms with Crippen LogP contribution >= 0.6 is 11.5 Å². The molecule has 0 bridgehead atoms. The predicted molar refractivity (Wildman–Crippen MR) is 71.3 cm³/mol. The lowest BCUT2D eigenvalue weighted by molar-refractivity contribution is 0.573. The lowest BCUT2D eigenvalue weighted by Crippen LogP contribution is -2.19. The molecule has 3 nitrogen and oxygen atoms in total. The van der Waals surface area contributed by atoms with E-state index in [0.29, 0.717) is 0 Å². The molecule has 2 rings (SSSR count). The van der Waals surface area contributed by atoms with Crippen LogP contribution in [0.2, 0.25) is 0 Å². The van der Waals surface area contributed by atoms with Crippen molar-refractivity contribution in [2.75, 3.05) is 7.05 Å². The highest BCUT2D eigenvalue weighted by atomic mass is 32.1. The van der Waals surface area contributed by atoms with Gasteiger partial charge < -0.3 is 5.32 Å². The Hall–Kier alpha value is -1.26. The number of hydrogen-bond acceptors (Lipinski definition) is 4. The van der Waals surface area contributed by atoms with Crippen molar-refractivity contribution in [2.24, 2.45) is 0 Å². The standard InChI is InChI=1S/C13H17N3S/c1-9-4-5-10(2)11(6-9)7-12(14-3)13-8-17-16-15-13/h4-6,8,12,14H,7H2,1-3H3. The second-order valence-electron chi connectivity index (χ2n) is 4.31. The lowest BCUT2D eigenvalue weighted by Gasteiger charge is -2.15. The first-order valence-corrected chi connectivity index (χ1v) is 6.54. The normalized spacial score (nSPS) is 12.6. The lowest BCUT2D eigenvalue weighted by atomic mass is 9.98. The molecule has 0 aliphatic heterocycles. The van der Waals surface area contributed by atoms with Crippen molar-refractivity contribution in [3.8, 4) is 0 Å². The molecule has 1 unspecified atom stereocenters. The third-order valence-electron chi connectivity index (χ3n) is 3.01. The summed E-state index contributed by atoms with van der Waals surface area (Å²) in [5.41, 5.74) is 5.03. The average molecular weight is 247 g/mol. The van der Waals surface area contributed by atoms with Gasteiger partial charge in [-0.3, -0.25) is 0 Å². The van der Waals surface area contributed by atoms with Gasteiger partial charge in [-0.05, 0) is 50.0 Å². The molecule has 0 saturated carbocycles. The zero-order valence-corrected chi connectivity index (χ0v) is 11.2. The molecule has 1 heterocycles. The van der Waals surface area contributed by atoms with Crippen LogP contribution in [0, 0.1) is 13.8 Å². The number of benzene rings is 1. The maximum Gasteiger partial charge on any atom is 0.0928 e. The van der Waals surface area contributed by atoms with Crippen molar-refractivity contribution in [2.45, 2.75) is 26.3 Å². The Morgan fingerprint density at radius 2 is 2.18 bits per heavy atom. The summed E-state index contributed by atoms with van der Waals surface area (Å²) in [6.45, 7) is 4.28. The van der Waals surface area contributed by atoms with Crippen LogP contribution in [0.4, 0.5) is 0 Å². The van der Waals surface area contributed by atoms with Crippen LogP contribution in [0.3, 0.4) is 0 Å². The fourth-order valence-electron chi connectivity index (χ4n) is 1.92. The molecule has 1 aromatic heterocycles. The molecule has 0 spiro atoms. The van der Waals surface area contributed by atoms with Crippen molar-refractivity contribution < 1.29 is 0 Å². The molecule has 0 amide bonds. The summed E-state index contributed by atoms with van der Waals surface area (Å²) >= 11 is 1.40. The van der Waals surface area contributed by atoms with Crippen molar-refractivity contribution >= 4 is 11.5 Å². The molecule has 17 heavy (non-hydrogen) atoms. The fraction of sp³-hybridized carbons (Fsp3) is 0.385. The average Bonchev–Trinajstić information content (AvgIpc) is 2.84. The van der Waals surface area contributed by atoms with Crippen LogP contribution in [-0.4, -0.2) is 16.6 Å². The van der Waals surface area contributed by atoms with E-state index in [1.54, 1.807) is 0 Å². The molecule has 0 aliphatic rings. The van der Waals surface area contributed by atoms with E-state index in [2.05, 4.69) is 47.0 Å². The topological polar surface area (TPSA) is 37.8 Å². The van der Waals surface area contributed by atoms with Crippen molar-refractivity contribution in [1.82, 2.24) is 14.9 Å². The summed E-state index contributed by atoms with van der Waals surface area (Å²) in [5, 5.41) is 9.45. The van der Waals surface area contributed by atoms with E-state index in [1.165, 1.54) is 28.2 Å². The number of aryl methyl sites for hydroxylation is 2. The molecular formula is C13H17N3S. The van der Waals surface area contributed by atoms with Crippen LogP contribution in [0.5, 0.6) is 0 Å². The molecule has 1 aromatic carbocycles. The number of likely N-dealkylation sites (N-methyl/N-ethyl adjacent to an activating group) is 1. The third kappa shape index (κ3) is 2.90. The van der Waals surface area contributed by atoms with Crippen LogP contribution in [0.15, 0.2) is 23.6 Å². The van der Waals surface area contributed by atoms with E-state index in [9.17, 15) is 0 Å². The van der Waals surface area contributed by atoms with Crippen molar-refractivity contribution in [1.29, 1.82) is 0 Å². The van der Waals surface area contributed by atoms with Gasteiger partial charge in [0.05, 0.1) is 11.7 Å².